The van der Waals surface area contributed by atoms with Crippen molar-refractivity contribution in [1.82, 2.24) is 14.4 Å². The minimum atomic E-state index is 0.831. The van der Waals surface area contributed by atoms with Gasteiger partial charge < -0.3 is 0 Å². The Morgan fingerprint density at radius 2 is 1.17 bits per heavy atom. The van der Waals surface area contributed by atoms with Gasteiger partial charge in [-0.05, 0) is 75.4 Å². The van der Waals surface area contributed by atoms with Crippen LogP contribution in [0.15, 0.2) is 200 Å². The van der Waals surface area contributed by atoms with Crippen LogP contribution < -0.4 is 0 Å². The molecule has 0 aliphatic rings. The largest absolute Gasteiger partial charge is 0.298 e. The van der Waals surface area contributed by atoms with Gasteiger partial charge in [0.15, 0.2) is 0 Å². The van der Waals surface area contributed by atoms with Crippen molar-refractivity contribution in [1.29, 1.82) is 0 Å². The summed E-state index contributed by atoms with van der Waals surface area (Å²) in [6.07, 6.45) is 6.06. The van der Waals surface area contributed by atoms with Crippen LogP contribution in [0.4, 0.5) is 0 Å². The highest BCUT2D eigenvalue weighted by Gasteiger charge is 2.16. The van der Waals surface area contributed by atoms with Gasteiger partial charge in [-0.25, -0.2) is 9.97 Å². The third kappa shape index (κ3) is 6.35. The van der Waals surface area contributed by atoms with E-state index in [1.54, 1.807) is 0 Å². The molecule has 0 saturated heterocycles. The van der Waals surface area contributed by atoms with Crippen molar-refractivity contribution in [2.75, 3.05) is 0 Å². The molecule has 0 atom stereocenters. The molecule has 0 saturated carbocycles. The molecule has 9 aromatic rings. The summed E-state index contributed by atoms with van der Waals surface area (Å²) in [5.41, 5.74) is 15.1. The minimum Gasteiger partial charge on any atom is -0.298 e. The predicted octanol–water partition coefficient (Wildman–Crippen LogP) is 12.2. The lowest BCUT2D eigenvalue weighted by molar-refractivity contribution is 1.22. The predicted molar refractivity (Wildman–Crippen MR) is 222 cm³/mol. The molecule has 0 aliphatic carbocycles. The van der Waals surface area contributed by atoms with E-state index in [1.807, 2.05) is 60.8 Å². The van der Waals surface area contributed by atoms with Gasteiger partial charge in [-0.3, -0.25) is 9.39 Å². The van der Waals surface area contributed by atoms with Crippen LogP contribution in [0.25, 0.3) is 72.4 Å². The first-order valence-electron chi connectivity index (χ1n) is 17.7. The van der Waals surface area contributed by atoms with E-state index < -0.39 is 0 Å². The number of nitrogens with zero attached hydrogens (tertiary/aromatic N) is 4. The van der Waals surface area contributed by atoms with Crippen molar-refractivity contribution in [2.45, 2.75) is 0 Å². The fourth-order valence-corrected chi connectivity index (χ4v) is 6.89. The van der Waals surface area contributed by atoms with Crippen molar-refractivity contribution >= 4 is 45.1 Å². The maximum Gasteiger partial charge on any atom is 0.137 e. The first-order chi connectivity index (χ1) is 26.2. The number of para-hydroxylation sites is 1. The zero-order valence-corrected chi connectivity index (χ0v) is 29.0. The Morgan fingerprint density at radius 1 is 0.547 bits per heavy atom. The van der Waals surface area contributed by atoms with Crippen LogP contribution in [0.5, 0.6) is 0 Å². The van der Waals surface area contributed by atoms with Crippen molar-refractivity contribution in [3.8, 4) is 33.5 Å². The fourth-order valence-electron chi connectivity index (χ4n) is 6.89. The molecule has 0 N–H and O–H groups in total. The lowest BCUT2D eigenvalue weighted by Gasteiger charge is -2.11. The molecule has 9 rings (SSSR count). The van der Waals surface area contributed by atoms with Crippen LogP contribution in [0.1, 0.15) is 16.7 Å². The first-order valence-corrected chi connectivity index (χ1v) is 17.7. The number of imidazole rings is 1. The molecule has 0 bridgehead atoms. The second-order valence-electron chi connectivity index (χ2n) is 13.0. The maximum atomic E-state index is 5.16. The molecule has 4 nitrogen and oxygen atoms in total. The summed E-state index contributed by atoms with van der Waals surface area (Å²) in [6, 6.07) is 60.7. The monoisotopic (exact) mass is 678 g/mol. The molecule has 0 amide bonds. The molecular weight excluding hydrogens is 645 g/mol. The molecule has 0 radical (unpaired) electrons. The van der Waals surface area contributed by atoms with Crippen LogP contribution in [-0.4, -0.2) is 20.6 Å². The molecule has 0 unspecified atom stereocenters. The van der Waals surface area contributed by atoms with Crippen LogP contribution in [0, 0.1) is 0 Å². The number of aromatic nitrogens is 3. The standard InChI is InChI=1S/C49H34N4/c1-34(39-18-12-19-40(31-39)36-16-6-3-7-17-36)30-45(50-33-35-14-4-2-5-15-35)42-21-13-20-41(32-42)37-25-27-38(28-26-37)47-49-48(43-22-8-9-23-44(43)51-47)52-46-24-10-11-29-53(46)49/h2-33H,1H2/b45-30-,50-33+. The highest BCUT2D eigenvalue weighted by molar-refractivity contribution is 6.09. The summed E-state index contributed by atoms with van der Waals surface area (Å²) in [5, 5.41) is 1.05. The van der Waals surface area contributed by atoms with Gasteiger partial charge in [-0.15, -0.1) is 0 Å². The number of allylic oxidation sites excluding steroid dienone is 2. The van der Waals surface area contributed by atoms with Crippen molar-refractivity contribution in [3.05, 3.63) is 211 Å². The average Bonchev–Trinajstić information content (AvgIpc) is 3.63. The highest BCUT2D eigenvalue weighted by Crippen LogP contribution is 2.35. The zero-order valence-electron chi connectivity index (χ0n) is 29.0. The van der Waals surface area contributed by atoms with E-state index in [1.165, 1.54) is 5.56 Å². The third-order valence-electron chi connectivity index (χ3n) is 9.60. The summed E-state index contributed by atoms with van der Waals surface area (Å²) in [6.45, 7) is 4.49. The SMILES string of the molecule is C=C(/C=C(\N=C\c1ccccc1)c1cccc(-c2ccc(-c3nc4ccccc4c4nc5ccccn5c34)cc2)c1)c1cccc(-c2ccccc2)c1. The van der Waals surface area contributed by atoms with E-state index in [2.05, 4.69) is 145 Å². The number of rotatable bonds is 8. The Morgan fingerprint density at radius 3 is 1.96 bits per heavy atom. The fraction of sp³-hybridized carbons (Fsp3) is 0. The quantitative estimate of drug-likeness (QED) is 0.119. The lowest BCUT2D eigenvalue weighted by Crippen LogP contribution is -1.92. The smallest absolute Gasteiger partial charge is 0.137 e. The molecule has 250 valence electrons. The molecule has 0 aliphatic heterocycles. The van der Waals surface area contributed by atoms with E-state index in [-0.39, 0.29) is 0 Å². The summed E-state index contributed by atoms with van der Waals surface area (Å²) in [4.78, 5) is 15.2. The topological polar surface area (TPSA) is 42.5 Å². The van der Waals surface area contributed by atoms with Gasteiger partial charge in [-0.2, -0.15) is 0 Å². The van der Waals surface area contributed by atoms with E-state index in [0.717, 1.165) is 83.5 Å². The zero-order chi connectivity index (χ0) is 35.6. The van der Waals surface area contributed by atoms with Crippen molar-refractivity contribution < 1.29 is 0 Å². The number of pyridine rings is 2. The number of hydrogen-bond donors (Lipinski definition) is 0. The van der Waals surface area contributed by atoms with Gasteiger partial charge in [0.05, 0.1) is 22.4 Å². The lowest BCUT2D eigenvalue weighted by atomic mass is 9.97. The molecule has 4 heteroatoms. The van der Waals surface area contributed by atoms with Crippen LogP contribution in [0.3, 0.4) is 0 Å². The van der Waals surface area contributed by atoms with Gasteiger partial charge in [0, 0.05) is 28.9 Å². The van der Waals surface area contributed by atoms with Crippen LogP contribution in [-0.2, 0) is 0 Å². The minimum absolute atomic E-state index is 0.831. The van der Waals surface area contributed by atoms with E-state index in [0.29, 0.717) is 0 Å². The van der Waals surface area contributed by atoms with Gasteiger partial charge in [0.1, 0.15) is 11.2 Å². The molecule has 3 heterocycles. The second kappa shape index (κ2) is 13.9. The van der Waals surface area contributed by atoms with Crippen molar-refractivity contribution in [2.24, 2.45) is 4.99 Å². The third-order valence-corrected chi connectivity index (χ3v) is 9.60. The molecule has 6 aromatic carbocycles. The Bertz CT molecular complexity index is 2830. The van der Waals surface area contributed by atoms with Gasteiger partial charge in [0.2, 0.25) is 0 Å². The Balaban J connectivity index is 1.09. The Hall–Kier alpha value is -7.17. The number of aliphatic imine (C=N–C) groups is 1. The molecule has 53 heavy (non-hydrogen) atoms. The number of hydrogen-bond acceptors (Lipinski definition) is 3. The molecule has 0 spiro atoms. The van der Waals surface area contributed by atoms with Gasteiger partial charge in [-0.1, -0.05) is 152 Å². The number of benzene rings is 6. The van der Waals surface area contributed by atoms with Gasteiger partial charge >= 0.3 is 0 Å². The molecule has 3 aromatic heterocycles. The molecule has 0 fully saturated rings. The van der Waals surface area contributed by atoms with E-state index >= 15 is 0 Å². The second-order valence-corrected chi connectivity index (χ2v) is 13.0. The first kappa shape index (κ1) is 31.8. The Labute approximate surface area is 308 Å². The van der Waals surface area contributed by atoms with Crippen LogP contribution in [0.2, 0.25) is 0 Å². The highest BCUT2D eigenvalue weighted by atomic mass is 15.0. The van der Waals surface area contributed by atoms with E-state index in [4.69, 9.17) is 15.0 Å². The maximum absolute atomic E-state index is 5.16. The number of fused-ring (bicyclic) bond motifs is 5. The summed E-state index contributed by atoms with van der Waals surface area (Å²) < 4.78 is 2.14. The van der Waals surface area contributed by atoms with Crippen LogP contribution >= 0.6 is 0 Å². The van der Waals surface area contributed by atoms with Gasteiger partial charge in [0.25, 0.3) is 0 Å². The Kier molecular flexibility index (Phi) is 8.31. The summed E-state index contributed by atoms with van der Waals surface area (Å²) in [5.74, 6) is 0. The molecular formula is C49H34N4. The average molecular weight is 679 g/mol. The van der Waals surface area contributed by atoms with E-state index in [9.17, 15) is 0 Å². The summed E-state index contributed by atoms with van der Waals surface area (Å²) >= 11 is 0. The van der Waals surface area contributed by atoms with Crippen molar-refractivity contribution in [3.63, 3.8) is 0 Å². The summed E-state index contributed by atoms with van der Waals surface area (Å²) in [7, 11) is 0. The normalized spacial score (nSPS) is 11.9.